The first kappa shape index (κ1) is 8.84. The highest BCUT2D eigenvalue weighted by Crippen LogP contribution is 1.76. The molecule has 0 aromatic heterocycles. The van der Waals surface area contributed by atoms with Gasteiger partial charge < -0.3 is 16.6 Å². The first-order chi connectivity index (χ1) is 4.31. The Balaban J connectivity index is 2.95. The summed E-state index contributed by atoms with van der Waals surface area (Å²) in [6, 6.07) is 0. The predicted molar refractivity (Wildman–Crippen MR) is 36.7 cm³/mol. The lowest BCUT2D eigenvalue weighted by atomic mass is 10.3. The average Bonchev–Trinajstić information content (AvgIpc) is 1.85. The Morgan fingerprint density at radius 3 is 2.67 bits per heavy atom. The number of rotatable bonds is 5. The number of hydrogen-bond donors (Lipinski definition) is 4. The van der Waals surface area contributed by atoms with E-state index in [2.05, 4.69) is 5.32 Å². The van der Waals surface area contributed by atoms with Crippen molar-refractivity contribution in [2.45, 2.75) is 12.6 Å². The van der Waals surface area contributed by atoms with E-state index in [1.807, 2.05) is 0 Å². The lowest BCUT2D eigenvalue weighted by Crippen LogP contribution is -2.40. The monoisotopic (exact) mass is 133 g/mol. The van der Waals surface area contributed by atoms with Gasteiger partial charge >= 0.3 is 0 Å². The van der Waals surface area contributed by atoms with Crippen LogP contribution in [-0.4, -0.2) is 31.0 Å². The van der Waals surface area contributed by atoms with Gasteiger partial charge in [0.25, 0.3) is 0 Å². The second kappa shape index (κ2) is 5.97. The van der Waals surface area contributed by atoms with Crippen molar-refractivity contribution in [3.05, 3.63) is 0 Å². The molecule has 0 aliphatic rings. The molecule has 4 heteroatoms. The molecule has 4 nitrogen and oxygen atoms in total. The summed E-state index contributed by atoms with van der Waals surface area (Å²) in [6.07, 6.45) is 0.683. The highest BCUT2D eigenvalue weighted by Gasteiger charge is 1.96. The van der Waals surface area contributed by atoms with E-state index in [1.165, 1.54) is 0 Å². The third-order valence-corrected chi connectivity index (χ3v) is 0.996. The van der Waals surface area contributed by atoms with Gasteiger partial charge in [-0.05, 0) is 13.0 Å². The molecular formula is C5H15N3O. The topological polar surface area (TPSA) is 84.3 Å². The third-order valence-electron chi connectivity index (χ3n) is 0.996. The summed E-state index contributed by atoms with van der Waals surface area (Å²) in [6.45, 7) is 1.25. The van der Waals surface area contributed by atoms with Gasteiger partial charge in [0.1, 0.15) is 0 Å². The quantitative estimate of drug-likeness (QED) is 0.333. The Morgan fingerprint density at radius 1 is 1.56 bits per heavy atom. The highest BCUT2D eigenvalue weighted by atomic mass is 16.3. The Hall–Kier alpha value is -0.160. The first-order valence-electron chi connectivity index (χ1n) is 3.11. The van der Waals surface area contributed by atoms with Crippen LogP contribution < -0.4 is 16.8 Å². The van der Waals surface area contributed by atoms with Crippen molar-refractivity contribution in [1.29, 1.82) is 0 Å². The molecule has 0 radical (unpaired) electrons. The van der Waals surface area contributed by atoms with E-state index in [0.29, 0.717) is 13.1 Å². The molecule has 1 atom stereocenters. The molecule has 56 valence electrons. The van der Waals surface area contributed by atoms with Gasteiger partial charge in [0.05, 0.1) is 12.8 Å². The molecule has 0 bridgehead atoms. The standard InChI is InChI=1S/C5H15N3O/c6-2-1-5(7)8-3-4-9/h5,8-9H,1-4,6-7H2. The summed E-state index contributed by atoms with van der Waals surface area (Å²) in [5.41, 5.74) is 10.7. The molecule has 0 amide bonds. The SMILES string of the molecule is NCCC(N)NCCO. The van der Waals surface area contributed by atoms with Gasteiger partial charge in [0, 0.05) is 6.54 Å². The minimum Gasteiger partial charge on any atom is -0.395 e. The summed E-state index contributed by atoms with van der Waals surface area (Å²) in [5, 5.41) is 11.2. The predicted octanol–water partition coefficient (Wildman–Crippen LogP) is -1.80. The van der Waals surface area contributed by atoms with Crippen molar-refractivity contribution in [2.75, 3.05) is 19.7 Å². The minimum atomic E-state index is -0.0675. The summed E-state index contributed by atoms with van der Waals surface area (Å²) < 4.78 is 0. The van der Waals surface area contributed by atoms with Crippen molar-refractivity contribution >= 4 is 0 Å². The maximum atomic E-state index is 8.33. The van der Waals surface area contributed by atoms with Gasteiger partial charge in [-0.2, -0.15) is 0 Å². The molecule has 6 N–H and O–H groups in total. The van der Waals surface area contributed by atoms with Crippen LogP contribution in [0.25, 0.3) is 0 Å². The van der Waals surface area contributed by atoms with Gasteiger partial charge in [-0.1, -0.05) is 0 Å². The zero-order valence-electron chi connectivity index (χ0n) is 5.51. The van der Waals surface area contributed by atoms with Gasteiger partial charge in [0.15, 0.2) is 0 Å². The van der Waals surface area contributed by atoms with E-state index in [1.54, 1.807) is 0 Å². The normalized spacial score (nSPS) is 13.7. The zero-order valence-corrected chi connectivity index (χ0v) is 5.51. The molecule has 0 heterocycles. The van der Waals surface area contributed by atoms with Crippen LogP contribution in [-0.2, 0) is 0 Å². The fraction of sp³-hybridized carbons (Fsp3) is 1.00. The van der Waals surface area contributed by atoms with Crippen LogP contribution in [0.5, 0.6) is 0 Å². The van der Waals surface area contributed by atoms with Gasteiger partial charge in [-0.15, -0.1) is 0 Å². The Labute approximate surface area is 55.2 Å². The maximum absolute atomic E-state index is 8.33. The van der Waals surface area contributed by atoms with Crippen LogP contribution in [0.3, 0.4) is 0 Å². The van der Waals surface area contributed by atoms with Crippen molar-refractivity contribution in [1.82, 2.24) is 5.32 Å². The fourth-order valence-electron chi connectivity index (χ4n) is 0.532. The zero-order chi connectivity index (χ0) is 7.11. The molecule has 0 fully saturated rings. The molecule has 0 aliphatic carbocycles. The van der Waals surface area contributed by atoms with Crippen LogP contribution in [0.15, 0.2) is 0 Å². The van der Waals surface area contributed by atoms with E-state index >= 15 is 0 Å². The maximum Gasteiger partial charge on any atom is 0.0559 e. The van der Waals surface area contributed by atoms with Crippen LogP contribution in [0.4, 0.5) is 0 Å². The fourth-order valence-corrected chi connectivity index (χ4v) is 0.532. The molecule has 0 saturated carbocycles. The largest absolute Gasteiger partial charge is 0.395 e. The van der Waals surface area contributed by atoms with Crippen molar-refractivity contribution < 1.29 is 5.11 Å². The number of nitrogens with two attached hydrogens (primary N) is 2. The van der Waals surface area contributed by atoms with Crippen molar-refractivity contribution in [3.8, 4) is 0 Å². The molecule has 0 aromatic carbocycles. The minimum absolute atomic E-state index is 0.0675. The third kappa shape index (κ3) is 5.72. The number of aliphatic hydroxyl groups excluding tert-OH is 1. The summed E-state index contributed by atoms with van der Waals surface area (Å²) >= 11 is 0. The Bertz CT molecular complexity index is 60.2. The van der Waals surface area contributed by atoms with Gasteiger partial charge in [0.2, 0.25) is 0 Å². The average molecular weight is 133 g/mol. The highest BCUT2D eigenvalue weighted by molar-refractivity contribution is 4.57. The molecule has 0 spiro atoms. The smallest absolute Gasteiger partial charge is 0.0559 e. The molecule has 0 saturated heterocycles. The molecule has 9 heavy (non-hydrogen) atoms. The molecule has 0 rings (SSSR count). The number of hydrogen-bond acceptors (Lipinski definition) is 4. The van der Waals surface area contributed by atoms with Crippen molar-refractivity contribution in [2.24, 2.45) is 11.5 Å². The lowest BCUT2D eigenvalue weighted by molar-refractivity contribution is 0.283. The molecule has 0 aromatic rings. The van der Waals surface area contributed by atoms with Crippen LogP contribution in [0, 0.1) is 0 Å². The van der Waals surface area contributed by atoms with E-state index < -0.39 is 0 Å². The van der Waals surface area contributed by atoms with E-state index in [0.717, 1.165) is 6.42 Å². The lowest BCUT2D eigenvalue weighted by Gasteiger charge is -2.10. The Morgan fingerprint density at radius 2 is 2.22 bits per heavy atom. The first-order valence-corrected chi connectivity index (χ1v) is 3.11. The van der Waals surface area contributed by atoms with E-state index in [4.69, 9.17) is 16.6 Å². The van der Waals surface area contributed by atoms with Gasteiger partial charge in [-0.25, -0.2) is 0 Å². The second-order valence-electron chi connectivity index (χ2n) is 1.86. The molecule has 1 unspecified atom stereocenters. The van der Waals surface area contributed by atoms with E-state index in [9.17, 15) is 0 Å². The summed E-state index contributed by atoms with van der Waals surface area (Å²) in [4.78, 5) is 0. The summed E-state index contributed by atoms with van der Waals surface area (Å²) in [5.74, 6) is 0. The second-order valence-corrected chi connectivity index (χ2v) is 1.86. The molecule has 0 aliphatic heterocycles. The van der Waals surface area contributed by atoms with Crippen LogP contribution in [0.2, 0.25) is 0 Å². The van der Waals surface area contributed by atoms with Crippen LogP contribution >= 0.6 is 0 Å². The summed E-state index contributed by atoms with van der Waals surface area (Å²) in [7, 11) is 0. The van der Waals surface area contributed by atoms with Crippen LogP contribution in [0.1, 0.15) is 6.42 Å². The Kier molecular flexibility index (Phi) is 5.86. The van der Waals surface area contributed by atoms with Crippen molar-refractivity contribution in [3.63, 3.8) is 0 Å². The van der Waals surface area contributed by atoms with Gasteiger partial charge in [-0.3, -0.25) is 5.32 Å². The van der Waals surface area contributed by atoms with E-state index in [-0.39, 0.29) is 12.8 Å². The number of aliphatic hydroxyl groups is 1. The molecular weight excluding hydrogens is 118 g/mol. The number of nitrogens with one attached hydrogen (secondary N) is 1.